The molecule has 7 heteroatoms. The van der Waals surface area contributed by atoms with Gasteiger partial charge in [-0.2, -0.15) is 0 Å². The molecule has 7 nitrogen and oxygen atoms in total. The van der Waals surface area contributed by atoms with Gasteiger partial charge in [-0.3, -0.25) is 9.59 Å². The van der Waals surface area contributed by atoms with Crippen molar-refractivity contribution in [1.82, 2.24) is 4.90 Å². The Hall–Kier alpha value is -2.57. The largest absolute Gasteiger partial charge is 0.469 e. The SMILES string of the molecule is COC(=O)C1CC(=O)N(c2ccc3c(c2)CCN(C(=O)OC(C)(C)C)C3)C1. The van der Waals surface area contributed by atoms with Gasteiger partial charge in [-0.15, -0.1) is 0 Å². The van der Waals surface area contributed by atoms with Crippen molar-refractivity contribution in [3.63, 3.8) is 0 Å². The Morgan fingerprint density at radius 2 is 1.93 bits per heavy atom. The molecule has 0 bridgehead atoms. The summed E-state index contributed by atoms with van der Waals surface area (Å²) in [6.45, 7) is 6.96. The van der Waals surface area contributed by atoms with Crippen LogP contribution < -0.4 is 4.90 Å². The van der Waals surface area contributed by atoms with Gasteiger partial charge in [-0.25, -0.2) is 4.79 Å². The molecular formula is C20H26N2O5. The summed E-state index contributed by atoms with van der Waals surface area (Å²) >= 11 is 0. The molecule has 27 heavy (non-hydrogen) atoms. The van der Waals surface area contributed by atoms with Crippen LogP contribution in [0.2, 0.25) is 0 Å². The number of benzene rings is 1. The Bertz CT molecular complexity index is 768. The van der Waals surface area contributed by atoms with Crippen molar-refractivity contribution in [2.45, 2.75) is 45.8 Å². The molecule has 0 N–H and O–H groups in total. The van der Waals surface area contributed by atoms with Crippen molar-refractivity contribution in [1.29, 1.82) is 0 Å². The summed E-state index contributed by atoms with van der Waals surface area (Å²) in [6, 6.07) is 5.80. The van der Waals surface area contributed by atoms with Crippen molar-refractivity contribution in [3.8, 4) is 0 Å². The molecule has 3 rings (SSSR count). The van der Waals surface area contributed by atoms with Gasteiger partial charge in [0.05, 0.1) is 13.0 Å². The highest BCUT2D eigenvalue weighted by molar-refractivity contribution is 5.99. The zero-order valence-electron chi connectivity index (χ0n) is 16.3. The molecule has 1 fully saturated rings. The van der Waals surface area contributed by atoms with Gasteiger partial charge in [0.2, 0.25) is 5.91 Å². The molecule has 0 aromatic heterocycles. The molecule has 1 aromatic carbocycles. The first-order valence-corrected chi connectivity index (χ1v) is 9.16. The van der Waals surface area contributed by atoms with Gasteiger partial charge in [-0.1, -0.05) is 6.07 Å². The minimum Gasteiger partial charge on any atom is -0.469 e. The Morgan fingerprint density at radius 1 is 1.19 bits per heavy atom. The lowest BCUT2D eigenvalue weighted by molar-refractivity contribution is -0.145. The Labute approximate surface area is 159 Å². The van der Waals surface area contributed by atoms with Crippen LogP contribution in [0.15, 0.2) is 18.2 Å². The molecule has 1 aromatic rings. The Kier molecular flexibility index (Phi) is 5.13. The van der Waals surface area contributed by atoms with Crippen LogP contribution >= 0.6 is 0 Å². The monoisotopic (exact) mass is 374 g/mol. The van der Waals surface area contributed by atoms with Crippen molar-refractivity contribution < 1.29 is 23.9 Å². The lowest BCUT2D eigenvalue weighted by Crippen LogP contribution is -2.40. The number of esters is 1. The number of carbonyl (C=O) groups excluding carboxylic acids is 3. The number of rotatable bonds is 2. The summed E-state index contributed by atoms with van der Waals surface area (Å²) in [4.78, 5) is 39.6. The van der Waals surface area contributed by atoms with Crippen molar-refractivity contribution in [2.24, 2.45) is 5.92 Å². The maximum Gasteiger partial charge on any atom is 0.410 e. The van der Waals surface area contributed by atoms with E-state index in [0.29, 0.717) is 26.1 Å². The molecule has 0 spiro atoms. The third-order valence-corrected chi connectivity index (χ3v) is 4.83. The first-order valence-electron chi connectivity index (χ1n) is 9.16. The number of nitrogens with zero attached hydrogens (tertiary/aromatic N) is 2. The molecule has 2 aliphatic heterocycles. The van der Waals surface area contributed by atoms with Crippen LogP contribution in [0.3, 0.4) is 0 Å². The van der Waals surface area contributed by atoms with E-state index in [1.165, 1.54) is 7.11 Å². The average Bonchev–Trinajstić information content (AvgIpc) is 3.00. The van der Waals surface area contributed by atoms with Crippen LogP contribution in [-0.4, -0.2) is 48.7 Å². The summed E-state index contributed by atoms with van der Waals surface area (Å²) in [5.74, 6) is -0.838. The van der Waals surface area contributed by atoms with E-state index < -0.39 is 11.5 Å². The molecule has 1 saturated heterocycles. The number of anilines is 1. The second-order valence-corrected chi connectivity index (χ2v) is 8.03. The second kappa shape index (κ2) is 7.21. The first-order chi connectivity index (χ1) is 12.7. The molecule has 0 radical (unpaired) electrons. The normalized spacial score (nSPS) is 19.7. The predicted octanol–water partition coefficient (Wildman–Crippen LogP) is 2.51. The van der Waals surface area contributed by atoms with Crippen molar-refractivity contribution >= 4 is 23.7 Å². The molecule has 146 valence electrons. The fraction of sp³-hybridized carbons (Fsp3) is 0.550. The zero-order chi connectivity index (χ0) is 19.8. The van der Waals surface area contributed by atoms with Gasteiger partial charge in [0.1, 0.15) is 5.60 Å². The van der Waals surface area contributed by atoms with Gasteiger partial charge in [0, 0.05) is 31.7 Å². The first kappa shape index (κ1) is 19.2. The van der Waals surface area contributed by atoms with Crippen molar-refractivity contribution in [2.75, 3.05) is 25.1 Å². The number of ether oxygens (including phenoxy) is 2. The maximum atomic E-state index is 12.3. The summed E-state index contributed by atoms with van der Waals surface area (Å²) in [5, 5.41) is 0. The summed E-state index contributed by atoms with van der Waals surface area (Å²) in [5.41, 5.74) is 2.43. The molecule has 1 atom stereocenters. The quantitative estimate of drug-likeness (QED) is 0.744. The number of hydrogen-bond donors (Lipinski definition) is 0. The van der Waals surface area contributed by atoms with Gasteiger partial charge in [0.25, 0.3) is 0 Å². The van der Waals surface area contributed by atoms with E-state index in [9.17, 15) is 14.4 Å². The summed E-state index contributed by atoms with van der Waals surface area (Å²) in [7, 11) is 1.34. The van der Waals surface area contributed by atoms with E-state index in [2.05, 4.69) is 0 Å². The highest BCUT2D eigenvalue weighted by atomic mass is 16.6. The third kappa shape index (κ3) is 4.23. The van der Waals surface area contributed by atoms with E-state index in [1.54, 1.807) is 9.80 Å². The van der Waals surface area contributed by atoms with Crippen LogP contribution in [0.1, 0.15) is 38.3 Å². The fourth-order valence-corrected chi connectivity index (χ4v) is 3.47. The topological polar surface area (TPSA) is 76.2 Å². The van der Waals surface area contributed by atoms with E-state index in [4.69, 9.17) is 9.47 Å². The minimum absolute atomic E-state index is 0.0726. The van der Waals surface area contributed by atoms with Crippen molar-refractivity contribution in [3.05, 3.63) is 29.3 Å². The second-order valence-electron chi connectivity index (χ2n) is 8.03. The molecule has 0 saturated carbocycles. The average molecular weight is 374 g/mol. The minimum atomic E-state index is -0.520. The number of carbonyl (C=O) groups is 3. The van der Waals surface area contributed by atoms with Gasteiger partial charge in [0.15, 0.2) is 0 Å². The Morgan fingerprint density at radius 3 is 2.59 bits per heavy atom. The van der Waals surface area contributed by atoms with E-state index >= 15 is 0 Å². The fourth-order valence-electron chi connectivity index (χ4n) is 3.47. The number of fused-ring (bicyclic) bond motifs is 1. The highest BCUT2D eigenvalue weighted by Crippen LogP contribution is 2.30. The van der Waals surface area contributed by atoms with Crippen LogP contribution in [0.4, 0.5) is 10.5 Å². The van der Waals surface area contributed by atoms with E-state index in [1.807, 2.05) is 39.0 Å². The van der Waals surface area contributed by atoms with Gasteiger partial charge in [-0.05, 0) is 50.5 Å². The zero-order valence-corrected chi connectivity index (χ0v) is 16.3. The van der Waals surface area contributed by atoms with Gasteiger partial charge >= 0.3 is 12.1 Å². The molecule has 2 amide bonds. The third-order valence-electron chi connectivity index (χ3n) is 4.83. The smallest absolute Gasteiger partial charge is 0.410 e. The number of amides is 2. The highest BCUT2D eigenvalue weighted by Gasteiger charge is 2.36. The van der Waals surface area contributed by atoms with E-state index in [0.717, 1.165) is 16.8 Å². The van der Waals surface area contributed by atoms with Gasteiger partial charge < -0.3 is 19.3 Å². The predicted molar refractivity (Wildman–Crippen MR) is 99.3 cm³/mol. The molecule has 2 aliphatic rings. The lowest BCUT2D eigenvalue weighted by Gasteiger charge is -2.31. The van der Waals surface area contributed by atoms with Crippen LogP contribution in [0.5, 0.6) is 0 Å². The van der Waals surface area contributed by atoms with E-state index in [-0.39, 0.29) is 24.4 Å². The maximum absolute atomic E-state index is 12.3. The Balaban J connectivity index is 1.71. The molecule has 0 aliphatic carbocycles. The number of hydrogen-bond acceptors (Lipinski definition) is 5. The molecular weight excluding hydrogens is 348 g/mol. The standard InChI is InChI=1S/C20H26N2O5/c1-20(2,3)27-19(25)21-8-7-13-9-16(6-5-14(13)11-21)22-12-15(10-17(22)23)18(24)26-4/h5-6,9,15H,7-8,10-12H2,1-4H3. The summed E-state index contributed by atoms with van der Waals surface area (Å²) in [6.07, 6.45) is 0.564. The lowest BCUT2D eigenvalue weighted by atomic mass is 9.99. The van der Waals surface area contributed by atoms with Crippen LogP contribution in [0, 0.1) is 5.92 Å². The molecule has 1 unspecified atom stereocenters. The molecule has 2 heterocycles. The number of methoxy groups -OCH3 is 1. The van der Waals surface area contributed by atoms with Crippen LogP contribution in [0.25, 0.3) is 0 Å². The summed E-state index contributed by atoms with van der Waals surface area (Å²) < 4.78 is 10.2. The van der Waals surface area contributed by atoms with Crippen LogP contribution in [-0.2, 0) is 32.0 Å².